The van der Waals surface area contributed by atoms with Crippen LogP contribution in [0.5, 0.6) is 0 Å². The fraction of sp³-hybridized carbons (Fsp3) is 0.615. The molecule has 1 rings (SSSR count). The van der Waals surface area contributed by atoms with Crippen LogP contribution in [0.1, 0.15) is 26.7 Å². The van der Waals surface area contributed by atoms with Crippen LogP contribution in [0.15, 0.2) is 23.1 Å². The number of nitrogens with zero attached hydrogens (tertiary/aromatic N) is 1. The average molecular weight is 286 g/mol. The molecule has 0 aliphatic carbocycles. The van der Waals surface area contributed by atoms with E-state index in [9.17, 15) is 13.2 Å². The van der Waals surface area contributed by atoms with E-state index in [4.69, 9.17) is 5.73 Å². The van der Waals surface area contributed by atoms with Crippen molar-refractivity contribution in [3.05, 3.63) is 28.7 Å². The molecule has 0 radical (unpaired) electrons. The van der Waals surface area contributed by atoms with Crippen molar-refractivity contribution in [3.63, 3.8) is 0 Å². The zero-order chi connectivity index (χ0) is 14.5. The molecular weight excluding hydrogens is 264 g/mol. The number of nitrogens with two attached hydrogens (primary N) is 1. The number of rotatable bonds is 7. The fourth-order valence-electron chi connectivity index (χ4n) is 1.81. The first-order valence-electron chi connectivity index (χ1n) is 6.50. The van der Waals surface area contributed by atoms with Gasteiger partial charge < -0.3 is 10.3 Å². The molecule has 108 valence electrons. The summed E-state index contributed by atoms with van der Waals surface area (Å²) in [6.07, 6.45) is 2.83. The normalized spacial score (nSPS) is 13.4. The molecule has 0 aliphatic rings. The summed E-state index contributed by atoms with van der Waals surface area (Å²) >= 11 is 0. The smallest absolute Gasteiger partial charge is 0.250 e. The number of hydrogen-bond acceptors (Lipinski definition) is 4. The van der Waals surface area contributed by atoms with E-state index in [1.807, 2.05) is 13.8 Å². The Hall–Kier alpha value is -1.30. The molecule has 1 atom stereocenters. The molecule has 2 N–H and O–H groups in total. The summed E-state index contributed by atoms with van der Waals surface area (Å²) in [5, 5.41) is 0. The van der Waals surface area contributed by atoms with Gasteiger partial charge in [0.25, 0.3) is 5.56 Å². The molecule has 0 fully saturated rings. The van der Waals surface area contributed by atoms with Crippen molar-refractivity contribution in [2.75, 3.05) is 17.2 Å². The number of anilines is 1. The Kier molecular flexibility index (Phi) is 5.60. The van der Waals surface area contributed by atoms with Crippen LogP contribution in [-0.4, -0.2) is 24.5 Å². The molecule has 0 bridgehead atoms. The van der Waals surface area contributed by atoms with Crippen molar-refractivity contribution in [2.24, 2.45) is 5.92 Å². The Bertz CT molecular complexity index is 563. The van der Waals surface area contributed by atoms with Crippen LogP contribution in [0.3, 0.4) is 0 Å². The Morgan fingerprint density at radius 3 is 2.68 bits per heavy atom. The van der Waals surface area contributed by atoms with E-state index in [2.05, 4.69) is 0 Å². The van der Waals surface area contributed by atoms with Gasteiger partial charge in [0.15, 0.2) is 9.84 Å². The number of aryl methyl sites for hydroxylation is 1. The predicted molar refractivity (Wildman–Crippen MR) is 77.8 cm³/mol. The van der Waals surface area contributed by atoms with E-state index in [0.717, 1.165) is 6.42 Å². The number of pyridine rings is 1. The maximum Gasteiger partial charge on any atom is 0.250 e. The standard InChI is InChI=1S/C13H22N2O3S/c1-3-11(2)10-19(17,18)8-4-7-15-9-12(14)5-6-13(15)16/h5-6,9,11H,3-4,7-8,10,14H2,1-2H3. The van der Waals surface area contributed by atoms with Gasteiger partial charge in [0.2, 0.25) is 0 Å². The summed E-state index contributed by atoms with van der Waals surface area (Å²) in [5.41, 5.74) is 5.93. The van der Waals surface area contributed by atoms with Crippen molar-refractivity contribution in [1.29, 1.82) is 0 Å². The minimum Gasteiger partial charge on any atom is -0.398 e. The van der Waals surface area contributed by atoms with E-state index in [1.165, 1.54) is 10.6 Å². The molecule has 1 aromatic rings. The Labute approximate surface area is 114 Å². The zero-order valence-corrected chi connectivity index (χ0v) is 12.3. The van der Waals surface area contributed by atoms with Crippen LogP contribution >= 0.6 is 0 Å². The molecule has 5 nitrogen and oxygen atoms in total. The highest BCUT2D eigenvalue weighted by Gasteiger charge is 2.14. The highest BCUT2D eigenvalue weighted by atomic mass is 32.2. The van der Waals surface area contributed by atoms with E-state index >= 15 is 0 Å². The van der Waals surface area contributed by atoms with Gasteiger partial charge >= 0.3 is 0 Å². The number of hydrogen-bond donors (Lipinski definition) is 1. The maximum absolute atomic E-state index is 11.8. The van der Waals surface area contributed by atoms with E-state index in [0.29, 0.717) is 18.7 Å². The highest BCUT2D eigenvalue weighted by molar-refractivity contribution is 7.91. The Balaban J connectivity index is 2.54. The van der Waals surface area contributed by atoms with Gasteiger partial charge in [-0.3, -0.25) is 4.79 Å². The van der Waals surface area contributed by atoms with Crippen LogP contribution in [0.25, 0.3) is 0 Å². The largest absolute Gasteiger partial charge is 0.398 e. The molecule has 0 aliphatic heterocycles. The zero-order valence-electron chi connectivity index (χ0n) is 11.5. The maximum atomic E-state index is 11.8. The van der Waals surface area contributed by atoms with Crippen molar-refractivity contribution < 1.29 is 8.42 Å². The molecule has 0 amide bonds. The lowest BCUT2D eigenvalue weighted by Gasteiger charge is -2.10. The second kappa shape index (κ2) is 6.75. The lowest BCUT2D eigenvalue weighted by molar-refractivity contribution is 0.557. The Morgan fingerprint density at radius 1 is 1.37 bits per heavy atom. The monoisotopic (exact) mass is 286 g/mol. The van der Waals surface area contributed by atoms with E-state index < -0.39 is 9.84 Å². The van der Waals surface area contributed by atoms with Gasteiger partial charge in [0.1, 0.15) is 0 Å². The lowest BCUT2D eigenvalue weighted by Crippen LogP contribution is -2.22. The van der Waals surface area contributed by atoms with Crippen LogP contribution in [0, 0.1) is 5.92 Å². The molecule has 1 heterocycles. The predicted octanol–water partition coefficient (Wildman–Crippen LogP) is 1.28. The molecule has 0 spiro atoms. The first-order chi connectivity index (χ1) is 8.84. The number of aromatic nitrogens is 1. The first-order valence-corrected chi connectivity index (χ1v) is 8.32. The molecule has 0 saturated carbocycles. The minimum absolute atomic E-state index is 0.110. The second-order valence-electron chi connectivity index (χ2n) is 4.98. The SMILES string of the molecule is CCC(C)CS(=O)(=O)CCCn1cc(N)ccc1=O. The van der Waals surface area contributed by atoms with Gasteiger partial charge in [-0.2, -0.15) is 0 Å². The molecule has 1 unspecified atom stereocenters. The summed E-state index contributed by atoms with van der Waals surface area (Å²) in [5.74, 6) is 0.508. The van der Waals surface area contributed by atoms with Gasteiger partial charge in [-0.05, 0) is 18.4 Å². The van der Waals surface area contributed by atoms with Crippen LogP contribution in [0.2, 0.25) is 0 Å². The number of nitrogen functional groups attached to an aromatic ring is 1. The van der Waals surface area contributed by atoms with Crippen LogP contribution in [-0.2, 0) is 16.4 Å². The quantitative estimate of drug-likeness (QED) is 0.818. The Morgan fingerprint density at radius 2 is 2.05 bits per heavy atom. The van der Waals surface area contributed by atoms with Crippen LogP contribution in [0.4, 0.5) is 5.69 Å². The third-order valence-electron chi connectivity index (χ3n) is 3.10. The van der Waals surface area contributed by atoms with Gasteiger partial charge in [0, 0.05) is 24.5 Å². The molecule has 6 heteroatoms. The lowest BCUT2D eigenvalue weighted by atomic mass is 10.2. The molecule has 0 saturated heterocycles. The van der Waals surface area contributed by atoms with Crippen molar-refractivity contribution in [2.45, 2.75) is 33.2 Å². The average Bonchev–Trinajstić information content (AvgIpc) is 2.32. The van der Waals surface area contributed by atoms with Gasteiger partial charge in [-0.1, -0.05) is 20.3 Å². The highest BCUT2D eigenvalue weighted by Crippen LogP contribution is 2.07. The summed E-state index contributed by atoms with van der Waals surface area (Å²) in [7, 11) is -3.03. The summed E-state index contributed by atoms with van der Waals surface area (Å²) in [4.78, 5) is 11.5. The third kappa shape index (κ3) is 5.46. The van der Waals surface area contributed by atoms with E-state index in [-0.39, 0.29) is 23.0 Å². The summed E-state index contributed by atoms with van der Waals surface area (Å²) in [6, 6.07) is 2.93. The van der Waals surface area contributed by atoms with Crippen molar-refractivity contribution in [1.82, 2.24) is 4.57 Å². The minimum atomic E-state index is -3.03. The first kappa shape index (κ1) is 15.8. The topological polar surface area (TPSA) is 82.2 Å². The molecule has 0 aromatic carbocycles. The molecular formula is C13H22N2O3S. The van der Waals surface area contributed by atoms with Gasteiger partial charge in [-0.15, -0.1) is 0 Å². The van der Waals surface area contributed by atoms with Crippen LogP contribution < -0.4 is 11.3 Å². The molecule has 1 aromatic heterocycles. The van der Waals surface area contributed by atoms with E-state index in [1.54, 1.807) is 12.3 Å². The number of sulfone groups is 1. The van der Waals surface area contributed by atoms with Gasteiger partial charge in [0.05, 0.1) is 11.5 Å². The van der Waals surface area contributed by atoms with Gasteiger partial charge in [-0.25, -0.2) is 8.42 Å². The summed E-state index contributed by atoms with van der Waals surface area (Å²) in [6.45, 7) is 4.29. The third-order valence-corrected chi connectivity index (χ3v) is 5.08. The second-order valence-corrected chi connectivity index (χ2v) is 7.20. The van der Waals surface area contributed by atoms with Crippen molar-refractivity contribution >= 4 is 15.5 Å². The molecule has 19 heavy (non-hydrogen) atoms. The summed E-state index contributed by atoms with van der Waals surface area (Å²) < 4.78 is 25.1. The fourth-order valence-corrected chi connectivity index (χ4v) is 3.65. The van der Waals surface area contributed by atoms with Crippen molar-refractivity contribution in [3.8, 4) is 0 Å².